The van der Waals surface area contributed by atoms with Crippen molar-refractivity contribution in [1.29, 1.82) is 0 Å². The predicted octanol–water partition coefficient (Wildman–Crippen LogP) is 2.83. The third kappa shape index (κ3) is 3.47. The Hall–Kier alpha value is -1.95. The van der Waals surface area contributed by atoms with Crippen molar-refractivity contribution in [1.82, 2.24) is 4.90 Å². The number of hydrogen-bond acceptors (Lipinski definition) is 3. The van der Waals surface area contributed by atoms with Crippen molar-refractivity contribution < 1.29 is 23.8 Å². The number of carboxylic acids is 1. The van der Waals surface area contributed by atoms with E-state index in [9.17, 15) is 19.1 Å². The van der Waals surface area contributed by atoms with Gasteiger partial charge in [-0.25, -0.2) is 4.39 Å². The topological polar surface area (TPSA) is 66.8 Å². The Labute approximate surface area is 153 Å². The fraction of sp³-hybridized carbons (Fsp3) is 0.600. The highest BCUT2D eigenvalue weighted by Crippen LogP contribution is 2.35. The van der Waals surface area contributed by atoms with Crippen LogP contribution in [0.25, 0.3) is 0 Å². The molecule has 2 aliphatic rings. The van der Waals surface area contributed by atoms with Gasteiger partial charge in [-0.15, -0.1) is 0 Å². The minimum absolute atomic E-state index is 0.0943. The van der Waals surface area contributed by atoms with E-state index in [2.05, 4.69) is 0 Å². The minimum atomic E-state index is -0.939. The molecule has 2 atom stereocenters. The maximum absolute atomic E-state index is 14.2. The fourth-order valence-electron chi connectivity index (χ4n) is 4.25. The zero-order valence-electron chi connectivity index (χ0n) is 15.3. The third-order valence-corrected chi connectivity index (χ3v) is 5.83. The Kier molecular flexibility index (Phi) is 5.32. The second kappa shape index (κ2) is 7.35. The van der Waals surface area contributed by atoms with Gasteiger partial charge < -0.3 is 14.7 Å². The number of hydrogen-bond donors (Lipinski definition) is 1. The summed E-state index contributed by atoms with van der Waals surface area (Å²) in [5, 5.41) is 9.33. The van der Waals surface area contributed by atoms with Gasteiger partial charge in [-0.2, -0.15) is 0 Å². The first kappa shape index (κ1) is 18.8. The van der Waals surface area contributed by atoms with Crippen LogP contribution in [0.3, 0.4) is 0 Å². The van der Waals surface area contributed by atoms with Crippen LogP contribution < -0.4 is 0 Å². The highest BCUT2D eigenvalue weighted by molar-refractivity contribution is 5.87. The average molecular weight is 363 g/mol. The van der Waals surface area contributed by atoms with E-state index in [1.54, 1.807) is 36.9 Å². The summed E-state index contributed by atoms with van der Waals surface area (Å²) in [5.41, 5.74) is -0.539. The molecule has 2 aliphatic heterocycles. The molecule has 2 fully saturated rings. The van der Waals surface area contributed by atoms with Gasteiger partial charge in [0.2, 0.25) is 5.91 Å². The summed E-state index contributed by atoms with van der Waals surface area (Å²) in [4.78, 5) is 26.1. The lowest BCUT2D eigenvalue weighted by molar-refractivity contribution is -0.146. The Balaban J connectivity index is 1.65. The predicted molar refractivity (Wildman–Crippen MR) is 94.2 cm³/mol. The maximum atomic E-state index is 14.2. The standard InChI is InChI=1S/C20H26FNO4/c1-20(2,15-5-3-4-6-16(15)21)19(25)22-10-7-13(8-11-22)17-14(18(23)24)9-12-26-17/h3-6,13-14,17H,7-12H2,1-2H3,(H,23,24)/t14?,17-/m0/s1. The second-order valence-electron chi connectivity index (χ2n) is 7.80. The molecule has 2 heterocycles. The van der Waals surface area contributed by atoms with Crippen LogP contribution in [0.2, 0.25) is 0 Å². The van der Waals surface area contributed by atoms with Crippen molar-refractivity contribution in [3.05, 3.63) is 35.6 Å². The zero-order chi connectivity index (χ0) is 18.9. The lowest BCUT2D eigenvalue weighted by Crippen LogP contribution is -2.49. The number of ether oxygens (including phenoxy) is 1. The summed E-state index contributed by atoms with van der Waals surface area (Å²) in [7, 11) is 0. The number of carbonyl (C=O) groups is 2. The van der Waals surface area contributed by atoms with Crippen molar-refractivity contribution >= 4 is 11.9 Å². The van der Waals surface area contributed by atoms with Crippen molar-refractivity contribution in [2.24, 2.45) is 11.8 Å². The summed E-state index contributed by atoms with van der Waals surface area (Å²) < 4.78 is 19.8. The van der Waals surface area contributed by atoms with E-state index in [0.717, 1.165) is 0 Å². The summed E-state index contributed by atoms with van der Waals surface area (Å²) in [6.07, 6.45) is 1.73. The first-order valence-corrected chi connectivity index (χ1v) is 9.21. The molecule has 1 unspecified atom stereocenters. The van der Waals surface area contributed by atoms with E-state index in [0.29, 0.717) is 44.5 Å². The molecule has 0 spiro atoms. The number of halogens is 1. The summed E-state index contributed by atoms with van der Waals surface area (Å²) in [5.74, 6) is -1.56. The molecule has 1 aromatic carbocycles. The molecule has 0 radical (unpaired) electrons. The maximum Gasteiger partial charge on any atom is 0.309 e. The van der Waals surface area contributed by atoms with Crippen molar-refractivity contribution in [2.75, 3.05) is 19.7 Å². The second-order valence-corrected chi connectivity index (χ2v) is 7.80. The SMILES string of the molecule is CC(C)(C(=O)N1CCC([C@@H]2OCCC2C(=O)O)CC1)c1ccccc1F. The van der Waals surface area contributed by atoms with Crippen LogP contribution >= 0.6 is 0 Å². The van der Waals surface area contributed by atoms with Gasteiger partial charge in [0.05, 0.1) is 17.4 Å². The van der Waals surface area contributed by atoms with E-state index in [-0.39, 0.29) is 23.7 Å². The van der Waals surface area contributed by atoms with Gasteiger partial charge >= 0.3 is 5.97 Å². The largest absolute Gasteiger partial charge is 0.481 e. The Morgan fingerprint density at radius 3 is 2.46 bits per heavy atom. The van der Waals surface area contributed by atoms with Crippen molar-refractivity contribution in [3.63, 3.8) is 0 Å². The molecule has 3 rings (SSSR count). The van der Waals surface area contributed by atoms with Crippen LogP contribution in [0.4, 0.5) is 4.39 Å². The molecule has 142 valence electrons. The number of carboxylic acid groups (broad SMARTS) is 1. The van der Waals surface area contributed by atoms with Gasteiger partial charge in [0.15, 0.2) is 0 Å². The number of benzene rings is 1. The quantitative estimate of drug-likeness (QED) is 0.893. The highest BCUT2D eigenvalue weighted by atomic mass is 19.1. The molecule has 26 heavy (non-hydrogen) atoms. The molecule has 1 N–H and O–H groups in total. The number of amides is 1. The van der Waals surface area contributed by atoms with E-state index >= 15 is 0 Å². The number of piperidine rings is 1. The van der Waals surface area contributed by atoms with Gasteiger partial charge in [-0.1, -0.05) is 18.2 Å². The molecule has 0 saturated carbocycles. The Bertz CT molecular complexity index is 682. The summed E-state index contributed by atoms with van der Waals surface area (Å²) >= 11 is 0. The zero-order valence-corrected chi connectivity index (χ0v) is 15.3. The smallest absolute Gasteiger partial charge is 0.309 e. The van der Waals surface area contributed by atoms with Crippen LogP contribution in [0, 0.1) is 17.7 Å². The molecular weight excluding hydrogens is 337 g/mol. The van der Waals surface area contributed by atoms with Crippen LogP contribution in [0.5, 0.6) is 0 Å². The first-order chi connectivity index (χ1) is 12.3. The molecular formula is C20H26FNO4. The number of nitrogens with zero attached hydrogens (tertiary/aromatic N) is 1. The molecule has 1 aromatic rings. The Morgan fingerprint density at radius 2 is 1.85 bits per heavy atom. The number of rotatable bonds is 4. The number of aliphatic carboxylic acids is 1. The third-order valence-electron chi connectivity index (χ3n) is 5.83. The van der Waals surface area contributed by atoms with E-state index in [1.807, 2.05) is 0 Å². The molecule has 0 aliphatic carbocycles. The molecule has 2 saturated heterocycles. The lowest BCUT2D eigenvalue weighted by atomic mass is 9.80. The monoisotopic (exact) mass is 363 g/mol. The minimum Gasteiger partial charge on any atom is -0.481 e. The van der Waals surface area contributed by atoms with Crippen LogP contribution in [-0.2, 0) is 19.7 Å². The van der Waals surface area contributed by atoms with Gasteiger partial charge in [-0.3, -0.25) is 9.59 Å². The van der Waals surface area contributed by atoms with Gasteiger partial charge in [0.1, 0.15) is 5.82 Å². The van der Waals surface area contributed by atoms with Crippen LogP contribution in [0.15, 0.2) is 24.3 Å². The van der Waals surface area contributed by atoms with E-state index in [4.69, 9.17) is 4.74 Å². The summed E-state index contributed by atoms with van der Waals surface area (Å²) in [6, 6.07) is 6.39. The van der Waals surface area contributed by atoms with Crippen molar-refractivity contribution in [3.8, 4) is 0 Å². The molecule has 0 aromatic heterocycles. The molecule has 5 nitrogen and oxygen atoms in total. The first-order valence-electron chi connectivity index (χ1n) is 9.21. The molecule has 0 bridgehead atoms. The van der Waals surface area contributed by atoms with E-state index < -0.39 is 17.3 Å². The lowest BCUT2D eigenvalue weighted by Gasteiger charge is -2.39. The van der Waals surface area contributed by atoms with Gasteiger partial charge in [-0.05, 0) is 45.1 Å². The number of carbonyl (C=O) groups excluding carboxylic acids is 1. The number of likely N-dealkylation sites (tertiary alicyclic amines) is 1. The highest BCUT2D eigenvalue weighted by Gasteiger charge is 2.42. The van der Waals surface area contributed by atoms with E-state index in [1.165, 1.54) is 6.07 Å². The molecule has 6 heteroatoms. The Morgan fingerprint density at radius 1 is 1.19 bits per heavy atom. The molecule has 1 amide bonds. The summed E-state index contributed by atoms with van der Waals surface area (Å²) in [6.45, 7) is 5.09. The van der Waals surface area contributed by atoms with Gasteiger partial charge in [0, 0.05) is 25.3 Å². The van der Waals surface area contributed by atoms with Crippen LogP contribution in [-0.4, -0.2) is 47.7 Å². The van der Waals surface area contributed by atoms with Crippen molar-refractivity contribution in [2.45, 2.75) is 44.6 Å². The van der Waals surface area contributed by atoms with Crippen LogP contribution in [0.1, 0.15) is 38.7 Å². The normalized spacial score (nSPS) is 24.7. The average Bonchev–Trinajstić information content (AvgIpc) is 3.11. The van der Waals surface area contributed by atoms with Gasteiger partial charge in [0.25, 0.3) is 0 Å². The fourth-order valence-corrected chi connectivity index (χ4v) is 4.25.